The number of hydrogen-bond donors (Lipinski definition) is 3. The molecule has 1 heterocycles. The summed E-state index contributed by atoms with van der Waals surface area (Å²) in [4.78, 5) is 12.0. The molecule has 5 N–H and O–H groups in total. The highest BCUT2D eigenvalue weighted by atomic mass is 16.2. The van der Waals surface area contributed by atoms with Crippen LogP contribution in [-0.2, 0) is 11.2 Å². The average molecular weight is 329 g/mol. The van der Waals surface area contributed by atoms with Crippen molar-refractivity contribution in [1.82, 2.24) is 15.1 Å². The predicted octanol–water partition coefficient (Wildman–Crippen LogP) is 1.88. The fourth-order valence-corrected chi connectivity index (χ4v) is 2.33. The van der Waals surface area contributed by atoms with Gasteiger partial charge in [0.05, 0.1) is 17.4 Å². The Hall–Kier alpha value is -2.34. The molecule has 2 rings (SSSR count). The normalized spacial score (nSPS) is 12.8. The summed E-state index contributed by atoms with van der Waals surface area (Å²) < 4.78 is 1.73. The first-order valence-corrected chi connectivity index (χ1v) is 8.22. The molecule has 0 bridgehead atoms. The summed E-state index contributed by atoms with van der Waals surface area (Å²) in [6.45, 7) is 6.43. The van der Waals surface area contributed by atoms with Crippen LogP contribution in [0, 0.1) is 5.41 Å². The quantitative estimate of drug-likeness (QED) is 0.705. The monoisotopic (exact) mass is 329 g/mol. The molecule has 6 nitrogen and oxygen atoms in total. The third-order valence-corrected chi connectivity index (χ3v) is 3.91. The predicted molar refractivity (Wildman–Crippen MR) is 96.7 cm³/mol. The average Bonchev–Trinajstić information content (AvgIpc) is 2.91. The number of carbonyl (C=O) groups is 1. The number of nitrogens with zero attached hydrogens (tertiary/aromatic N) is 2. The lowest BCUT2D eigenvalue weighted by Gasteiger charge is -2.25. The fourth-order valence-electron chi connectivity index (χ4n) is 2.33. The molecule has 2 aromatic rings. The summed E-state index contributed by atoms with van der Waals surface area (Å²) in [7, 11) is 0. The second-order valence-corrected chi connectivity index (χ2v) is 7.05. The molecule has 0 aliphatic carbocycles. The Bertz CT molecular complexity index is 672. The van der Waals surface area contributed by atoms with E-state index in [4.69, 9.17) is 11.5 Å². The van der Waals surface area contributed by atoms with Crippen LogP contribution in [0.3, 0.4) is 0 Å². The van der Waals surface area contributed by atoms with E-state index in [-0.39, 0.29) is 11.3 Å². The summed E-state index contributed by atoms with van der Waals surface area (Å²) in [5.41, 5.74) is 13.6. The number of hydrogen-bond acceptors (Lipinski definition) is 4. The van der Waals surface area contributed by atoms with Crippen molar-refractivity contribution in [3.63, 3.8) is 0 Å². The van der Waals surface area contributed by atoms with Gasteiger partial charge in [0.1, 0.15) is 5.82 Å². The number of amides is 1. The van der Waals surface area contributed by atoms with Crippen molar-refractivity contribution in [2.75, 3.05) is 12.3 Å². The van der Waals surface area contributed by atoms with Gasteiger partial charge in [-0.2, -0.15) is 5.10 Å². The third kappa shape index (κ3) is 4.58. The van der Waals surface area contributed by atoms with Gasteiger partial charge in [-0.15, -0.1) is 0 Å². The summed E-state index contributed by atoms with van der Waals surface area (Å²) in [5.74, 6) is 0.492. The first kappa shape index (κ1) is 18.0. The van der Waals surface area contributed by atoms with Crippen LogP contribution in [-0.4, -0.2) is 28.3 Å². The van der Waals surface area contributed by atoms with Gasteiger partial charge in [0.25, 0.3) is 0 Å². The van der Waals surface area contributed by atoms with Gasteiger partial charge < -0.3 is 16.8 Å². The number of aryl methyl sites for hydroxylation is 1. The second kappa shape index (κ2) is 7.49. The van der Waals surface area contributed by atoms with E-state index in [2.05, 4.69) is 10.4 Å². The summed E-state index contributed by atoms with van der Waals surface area (Å²) in [6, 6.07) is 11.1. The van der Waals surface area contributed by atoms with Gasteiger partial charge in [0.2, 0.25) is 5.91 Å². The van der Waals surface area contributed by atoms with Crippen LogP contribution in [0.4, 0.5) is 5.82 Å². The molecule has 1 aromatic carbocycles. The van der Waals surface area contributed by atoms with Gasteiger partial charge in [-0.3, -0.25) is 4.79 Å². The lowest BCUT2D eigenvalue weighted by molar-refractivity contribution is -0.124. The van der Waals surface area contributed by atoms with Gasteiger partial charge in [-0.05, 0) is 30.4 Å². The number of rotatable bonds is 6. The molecule has 0 radical (unpaired) electrons. The highest BCUT2D eigenvalue weighted by molar-refractivity contribution is 5.82. The molecule has 24 heavy (non-hydrogen) atoms. The van der Waals surface area contributed by atoms with E-state index in [1.165, 1.54) is 0 Å². The zero-order chi connectivity index (χ0) is 17.7. The van der Waals surface area contributed by atoms with Crippen LogP contribution in [0.5, 0.6) is 0 Å². The molecule has 1 atom stereocenters. The minimum Gasteiger partial charge on any atom is -0.384 e. The summed E-state index contributed by atoms with van der Waals surface area (Å²) in [5, 5.41) is 7.41. The molecule has 6 heteroatoms. The van der Waals surface area contributed by atoms with E-state index in [0.717, 1.165) is 24.2 Å². The highest BCUT2D eigenvalue weighted by Crippen LogP contribution is 2.17. The topological polar surface area (TPSA) is 99.0 Å². The number of nitrogens with one attached hydrogen (secondary N) is 1. The zero-order valence-electron chi connectivity index (χ0n) is 14.6. The lowest BCUT2D eigenvalue weighted by Crippen LogP contribution is -2.48. The van der Waals surface area contributed by atoms with E-state index in [1.807, 2.05) is 57.2 Å². The third-order valence-electron chi connectivity index (χ3n) is 3.91. The standard InChI is InChI=1S/C18H27N5O/c1-18(2,3)16(20)17(24)21-11-7-8-13-12-15(19)23(22-13)14-9-5-4-6-10-14/h4-6,9-10,12,16H,7-8,11,19-20H2,1-3H3,(H,21,24)/t16-/m1/s1. The van der Waals surface area contributed by atoms with Gasteiger partial charge in [0.15, 0.2) is 0 Å². The van der Waals surface area contributed by atoms with Crippen molar-refractivity contribution in [3.8, 4) is 5.69 Å². The van der Waals surface area contributed by atoms with Crippen LogP contribution < -0.4 is 16.8 Å². The van der Waals surface area contributed by atoms with Crippen molar-refractivity contribution in [1.29, 1.82) is 0 Å². The Morgan fingerprint density at radius 2 is 1.96 bits per heavy atom. The Morgan fingerprint density at radius 3 is 2.58 bits per heavy atom. The van der Waals surface area contributed by atoms with Crippen LogP contribution in [0.2, 0.25) is 0 Å². The molecular weight excluding hydrogens is 302 g/mol. The van der Waals surface area contributed by atoms with Gasteiger partial charge in [-0.1, -0.05) is 39.0 Å². The number of nitrogens with two attached hydrogens (primary N) is 2. The molecule has 1 amide bonds. The van der Waals surface area contributed by atoms with Crippen LogP contribution >= 0.6 is 0 Å². The second-order valence-electron chi connectivity index (χ2n) is 7.05. The largest absolute Gasteiger partial charge is 0.384 e. The number of benzene rings is 1. The molecule has 0 aliphatic heterocycles. The molecule has 130 valence electrons. The number of para-hydroxylation sites is 1. The Morgan fingerprint density at radius 1 is 1.29 bits per heavy atom. The number of carbonyl (C=O) groups excluding carboxylic acids is 1. The summed E-state index contributed by atoms with van der Waals surface area (Å²) >= 11 is 0. The minimum absolute atomic E-state index is 0.114. The highest BCUT2D eigenvalue weighted by Gasteiger charge is 2.26. The van der Waals surface area contributed by atoms with E-state index in [1.54, 1.807) is 4.68 Å². The molecular formula is C18H27N5O. The van der Waals surface area contributed by atoms with Crippen molar-refractivity contribution < 1.29 is 4.79 Å². The molecule has 0 fully saturated rings. The molecule has 0 saturated heterocycles. The SMILES string of the molecule is CC(C)(C)[C@H](N)C(=O)NCCCc1cc(N)n(-c2ccccc2)n1. The van der Waals surface area contributed by atoms with Gasteiger partial charge in [0, 0.05) is 12.6 Å². The maximum atomic E-state index is 12.0. The smallest absolute Gasteiger partial charge is 0.237 e. The van der Waals surface area contributed by atoms with Crippen molar-refractivity contribution in [3.05, 3.63) is 42.1 Å². The number of nitrogen functional groups attached to an aromatic ring is 1. The Kier molecular flexibility index (Phi) is 5.62. The van der Waals surface area contributed by atoms with Gasteiger partial charge >= 0.3 is 0 Å². The van der Waals surface area contributed by atoms with E-state index in [0.29, 0.717) is 12.4 Å². The van der Waals surface area contributed by atoms with Crippen molar-refractivity contribution in [2.24, 2.45) is 11.1 Å². The molecule has 0 spiro atoms. The van der Waals surface area contributed by atoms with Crippen LogP contribution in [0.15, 0.2) is 36.4 Å². The molecule has 0 aliphatic rings. The van der Waals surface area contributed by atoms with Crippen LogP contribution in [0.1, 0.15) is 32.9 Å². The van der Waals surface area contributed by atoms with Crippen LogP contribution in [0.25, 0.3) is 5.69 Å². The van der Waals surface area contributed by atoms with Crippen molar-refractivity contribution >= 4 is 11.7 Å². The van der Waals surface area contributed by atoms with Crippen molar-refractivity contribution in [2.45, 2.75) is 39.7 Å². The Labute approximate surface area is 143 Å². The molecule has 0 saturated carbocycles. The van der Waals surface area contributed by atoms with E-state index >= 15 is 0 Å². The van der Waals surface area contributed by atoms with E-state index < -0.39 is 6.04 Å². The lowest BCUT2D eigenvalue weighted by atomic mass is 9.87. The summed E-state index contributed by atoms with van der Waals surface area (Å²) in [6.07, 6.45) is 1.53. The zero-order valence-corrected chi connectivity index (χ0v) is 14.6. The first-order chi connectivity index (χ1) is 11.3. The maximum Gasteiger partial charge on any atom is 0.237 e. The van der Waals surface area contributed by atoms with E-state index in [9.17, 15) is 4.79 Å². The minimum atomic E-state index is -0.509. The number of aromatic nitrogens is 2. The molecule has 0 unspecified atom stereocenters. The van der Waals surface area contributed by atoms with Gasteiger partial charge in [-0.25, -0.2) is 4.68 Å². The Balaban J connectivity index is 1.85. The molecule has 1 aromatic heterocycles. The fraction of sp³-hybridized carbons (Fsp3) is 0.444. The number of anilines is 1. The maximum absolute atomic E-state index is 12.0. The first-order valence-electron chi connectivity index (χ1n) is 8.22.